The van der Waals surface area contributed by atoms with Crippen molar-refractivity contribution in [2.24, 2.45) is 0 Å². The molecule has 0 nitrogen and oxygen atoms in total. The predicted octanol–water partition coefficient (Wildman–Crippen LogP) is 10.0. The molecule has 36 heavy (non-hydrogen) atoms. The molecule has 0 saturated heterocycles. The van der Waals surface area contributed by atoms with Gasteiger partial charge in [0, 0.05) is 16.1 Å². The Morgan fingerprint density at radius 1 is 0.944 bits per heavy atom. The maximum atomic E-state index is 6.95. The van der Waals surface area contributed by atoms with Gasteiger partial charge in [0.15, 0.2) is 0 Å². The summed E-state index contributed by atoms with van der Waals surface area (Å²) in [6.07, 6.45) is 16.8. The number of hydrogen-bond acceptors (Lipinski definition) is 0. The second kappa shape index (κ2) is 11.6. The van der Waals surface area contributed by atoms with Crippen LogP contribution < -0.4 is 10.6 Å². The van der Waals surface area contributed by atoms with E-state index in [1.165, 1.54) is 87.9 Å². The molecule has 0 heterocycles. The van der Waals surface area contributed by atoms with Gasteiger partial charge < -0.3 is 0 Å². The van der Waals surface area contributed by atoms with Crippen LogP contribution in [0.1, 0.15) is 109 Å². The minimum absolute atomic E-state index is 0.358. The average Bonchev–Trinajstić information content (AvgIpc) is 3.52. The van der Waals surface area contributed by atoms with Crippen molar-refractivity contribution in [2.45, 2.75) is 126 Å². The molecular formula is C32H47ClP3+. The van der Waals surface area contributed by atoms with E-state index < -0.39 is 6.95 Å². The van der Waals surface area contributed by atoms with Crippen LogP contribution in [0.25, 0.3) is 11.1 Å². The smallest absolute Gasteiger partial charge is 0.104 e. The van der Waals surface area contributed by atoms with Crippen LogP contribution in [0, 0.1) is 0 Å². The molecule has 196 valence electrons. The normalized spacial score (nSPS) is 27.0. The molecule has 2 aromatic carbocycles. The molecule has 0 amide bonds. The predicted molar refractivity (Wildman–Crippen MR) is 171 cm³/mol. The number of alkyl halides is 1. The summed E-state index contributed by atoms with van der Waals surface area (Å²) in [5, 5.41) is 3.91. The van der Waals surface area contributed by atoms with Gasteiger partial charge >= 0.3 is 0 Å². The molecule has 0 radical (unpaired) electrons. The zero-order valence-corrected chi connectivity index (χ0v) is 26.5. The highest BCUT2D eigenvalue weighted by molar-refractivity contribution is 8.36. The van der Waals surface area contributed by atoms with Crippen LogP contribution in [0.3, 0.4) is 0 Å². The van der Waals surface area contributed by atoms with Gasteiger partial charge in [0.05, 0.1) is 26.5 Å². The lowest BCUT2D eigenvalue weighted by molar-refractivity contribution is 0.485. The van der Waals surface area contributed by atoms with Gasteiger partial charge in [-0.15, -0.1) is 20.8 Å². The lowest BCUT2D eigenvalue weighted by Crippen LogP contribution is -2.34. The lowest BCUT2D eigenvalue weighted by atomic mass is 9.90. The maximum absolute atomic E-state index is 6.95. The van der Waals surface area contributed by atoms with Crippen molar-refractivity contribution in [3.63, 3.8) is 0 Å². The molecule has 0 N–H and O–H groups in total. The molecule has 2 aromatic rings. The summed E-state index contributed by atoms with van der Waals surface area (Å²) in [6, 6.07) is 16.8. The second-order valence-electron chi connectivity index (χ2n) is 12.2. The van der Waals surface area contributed by atoms with Gasteiger partial charge in [0.25, 0.3) is 0 Å². The monoisotopic (exact) mass is 559 g/mol. The van der Waals surface area contributed by atoms with Crippen molar-refractivity contribution in [3.8, 4) is 11.1 Å². The van der Waals surface area contributed by atoms with Gasteiger partial charge in [0.1, 0.15) is 5.30 Å². The van der Waals surface area contributed by atoms with E-state index in [4.69, 9.17) is 11.6 Å². The van der Waals surface area contributed by atoms with E-state index in [0.29, 0.717) is 16.5 Å². The van der Waals surface area contributed by atoms with Crippen molar-refractivity contribution >= 4 is 46.7 Å². The first kappa shape index (κ1) is 27.6. The van der Waals surface area contributed by atoms with E-state index in [-0.39, 0.29) is 0 Å². The topological polar surface area (TPSA) is 0 Å². The van der Waals surface area contributed by atoms with Crippen LogP contribution in [0.15, 0.2) is 42.5 Å². The van der Waals surface area contributed by atoms with Crippen molar-refractivity contribution in [3.05, 3.63) is 48.0 Å². The summed E-state index contributed by atoms with van der Waals surface area (Å²) >= 11 is 6.95. The third-order valence-electron chi connectivity index (χ3n) is 9.72. The maximum Gasteiger partial charge on any atom is 0.104 e. The lowest BCUT2D eigenvalue weighted by Gasteiger charge is -2.45. The summed E-state index contributed by atoms with van der Waals surface area (Å²) in [5.41, 5.74) is 6.44. The van der Waals surface area contributed by atoms with Gasteiger partial charge in [-0.2, -0.15) is 0 Å². The number of hydrogen-bond donors (Lipinski definition) is 0. The minimum atomic E-state index is -1.44. The zero-order chi connectivity index (χ0) is 25.3. The Bertz CT molecular complexity index is 1020. The standard InChI is InChI=1S/C32H47ClP3/c1-4-23(2)26-19-13-20-28(34)31(26)27-18-11-12-21-29(27)36(24-14-7-5-8-15-24,25-16-9-6-10-17-25)35-32(3)22-30(32)33/h11-13,18-21,23-25,30,35H,4-10,14-17,22,34H2,1-3H3/q+1. The highest BCUT2D eigenvalue weighted by Crippen LogP contribution is 2.89. The Labute approximate surface area is 230 Å². The first-order valence-corrected chi connectivity index (χ1v) is 19.5. The molecule has 0 aromatic heterocycles. The summed E-state index contributed by atoms with van der Waals surface area (Å²) in [5.74, 6) is 0.571. The van der Waals surface area contributed by atoms with Gasteiger partial charge in [-0.3, -0.25) is 0 Å². The minimum Gasteiger partial charge on any atom is -0.122 e. The van der Waals surface area contributed by atoms with Crippen LogP contribution in [0.2, 0.25) is 0 Å². The molecular weight excluding hydrogens is 513 g/mol. The molecule has 4 heteroatoms. The van der Waals surface area contributed by atoms with Crippen LogP contribution in [-0.2, 0) is 0 Å². The Balaban J connectivity index is 1.75. The van der Waals surface area contributed by atoms with Crippen LogP contribution >= 0.6 is 36.1 Å². The van der Waals surface area contributed by atoms with Crippen molar-refractivity contribution in [2.75, 3.05) is 0 Å². The molecule has 5 rings (SSSR count). The van der Waals surface area contributed by atoms with E-state index in [9.17, 15) is 0 Å². The molecule has 0 aliphatic heterocycles. The van der Waals surface area contributed by atoms with Crippen LogP contribution in [-0.4, -0.2) is 21.9 Å². The van der Waals surface area contributed by atoms with Gasteiger partial charge in [-0.25, -0.2) is 0 Å². The molecule has 3 aliphatic rings. The SMILES string of the molecule is CCC(C)c1cccc(P)c1-c1ccccc1[P+](PC1(C)CC1Cl)(C1CCCCC1)C1CCCCC1. The van der Waals surface area contributed by atoms with Crippen LogP contribution in [0.4, 0.5) is 0 Å². The molecule has 5 atom stereocenters. The first-order valence-electron chi connectivity index (χ1n) is 14.7. The van der Waals surface area contributed by atoms with E-state index in [2.05, 4.69) is 72.5 Å². The second-order valence-corrected chi connectivity index (χ2v) is 21.1. The fourth-order valence-corrected chi connectivity index (χ4v) is 21.9. The third-order valence-corrected chi connectivity index (χ3v) is 22.5. The number of halogens is 1. The Hall–Kier alpha value is 0.0200. The Morgan fingerprint density at radius 2 is 1.53 bits per heavy atom. The van der Waals surface area contributed by atoms with E-state index in [0.717, 1.165) is 19.6 Å². The fourth-order valence-electron chi connectivity index (χ4n) is 7.30. The van der Waals surface area contributed by atoms with Gasteiger partial charge in [-0.05, 0) is 92.6 Å². The summed E-state index contributed by atoms with van der Waals surface area (Å²) in [4.78, 5) is 0. The molecule has 3 aliphatic carbocycles. The van der Waals surface area contributed by atoms with Gasteiger partial charge in [-0.1, -0.05) is 70.0 Å². The molecule has 0 spiro atoms. The Kier molecular flexibility index (Phi) is 8.91. The highest BCUT2D eigenvalue weighted by atomic mass is 35.5. The zero-order valence-electron chi connectivity index (χ0n) is 22.7. The summed E-state index contributed by atoms with van der Waals surface area (Å²) in [7, 11) is 4.15. The third kappa shape index (κ3) is 5.25. The Morgan fingerprint density at radius 3 is 2.08 bits per heavy atom. The average molecular weight is 560 g/mol. The van der Waals surface area contributed by atoms with Crippen molar-refractivity contribution in [1.82, 2.24) is 0 Å². The van der Waals surface area contributed by atoms with E-state index in [1.807, 2.05) is 0 Å². The molecule has 3 fully saturated rings. The van der Waals surface area contributed by atoms with Crippen molar-refractivity contribution in [1.29, 1.82) is 0 Å². The summed E-state index contributed by atoms with van der Waals surface area (Å²) in [6.45, 7) is 5.86. The van der Waals surface area contributed by atoms with E-state index >= 15 is 0 Å². The number of benzene rings is 2. The summed E-state index contributed by atoms with van der Waals surface area (Å²) < 4.78 is 0. The van der Waals surface area contributed by atoms with E-state index in [1.54, 1.807) is 16.4 Å². The largest absolute Gasteiger partial charge is 0.122 e. The molecule has 3 saturated carbocycles. The van der Waals surface area contributed by atoms with Crippen molar-refractivity contribution < 1.29 is 0 Å². The first-order chi connectivity index (χ1) is 17.4. The van der Waals surface area contributed by atoms with Crippen LogP contribution in [0.5, 0.6) is 0 Å². The fraction of sp³-hybridized carbons (Fsp3) is 0.625. The molecule has 5 unspecified atom stereocenters. The highest BCUT2D eigenvalue weighted by Gasteiger charge is 2.64. The quantitative estimate of drug-likeness (QED) is 0.223. The van der Waals surface area contributed by atoms with Gasteiger partial charge in [0.2, 0.25) is 0 Å². The number of rotatable bonds is 8. The molecule has 0 bridgehead atoms.